The third kappa shape index (κ3) is 3.07. The summed E-state index contributed by atoms with van der Waals surface area (Å²) in [6.45, 7) is 0.406. The summed E-state index contributed by atoms with van der Waals surface area (Å²) < 4.78 is 10.3. The Labute approximate surface area is 111 Å². The van der Waals surface area contributed by atoms with Crippen molar-refractivity contribution in [1.82, 2.24) is 4.90 Å². The number of hydrogen-bond donors (Lipinski definition) is 1. The zero-order chi connectivity index (χ0) is 13.8. The maximum atomic E-state index is 12.3. The van der Waals surface area contributed by atoms with Gasteiger partial charge in [0.1, 0.15) is 11.5 Å². The molecule has 0 fully saturated rings. The second-order valence-electron chi connectivity index (χ2n) is 4.24. The van der Waals surface area contributed by atoms with Gasteiger partial charge in [0, 0.05) is 24.4 Å². The SMILES string of the molecule is COc1cc(N)cc(C(=O)N(C)Cc2ccco2)c1. The van der Waals surface area contributed by atoms with E-state index < -0.39 is 0 Å². The van der Waals surface area contributed by atoms with Crippen LogP contribution < -0.4 is 10.5 Å². The Balaban J connectivity index is 2.16. The van der Waals surface area contributed by atoms with Gasteiger partial charge in [0.25, 0.3) is 5.91 Å². The number of benzene rings is 1. The summed E-state index contributed by atoms with van der Waals surface area (Å²) in [4.78, 5) is 13.8. The summed E-state index contributed by atoms with van der Waals surface area (Å²) in [7, 11) is 3.25. The molecule has 0 aliphatic heterocycles. The fourth-order valence-electron chi connectivity index (χ4n) is 1.79. The minimum Gasteiger partial charge on any atom is -0.497 e. The van der Waals surface area contributed by atoms with Crippen LogP contribution in [0.25, 0.3) is 0 Å². The van der Waals surface area contributed by atoms with Gasteiger partial charge in [0.15, 0.2) is 0 Å². The standard InChI is InChI=1S/C14H16N2O3/c1-16(9-12-4-3-5-19-12)14(17)10-6-11(15)8-13(7-10)18-2/h3-8H,9,15H2,1-2H3. The van der Waals surface area contributed by atoms with Crippen LogP contribution in [0.5, 0.6) is 5.75 Å². The van der Waals surface area contributed by atoms with Crippen molar-refractivity contribution in [3.63, 3.8) is 0 Å². The first-order valence-corrected chi connectivity index (χ1v) is 5.82. The Bertz CT molecular complexity index is 564. The van der Waals surface area contributed by atoms with Crippen LogP contribution in [-0.4, -0.2) is 25.0 Å². The smallest absolute Gasteiger partial charge is 0.254 e. The molecule has 0 saturated carbocycles. The van der Waals surface area contributed by atoms with E-state index in [1.807, 2.05) is 6.07 Å². The third-order valence-corrected chi connectivity index (χ3v) is 2.73. The molecule has 0 bridgehead atoms. The molecule has 2 rings (SSSR count). The lowest BCUT2D eigenvalue weighted by molar-refractivity contribution is 0.0775. The van der Waals surface area contributed by atoms with Crippen LogP contribution in [0.15, 0.2) is 41.0 Å². The predicted molar refractivity (Wildman–Crippen MR) is 71.9 cm³/mol. The Morgan fingerprint density at radius 2 is 2.21 bits per heavy atom. The summed E-state index contributed by atoms with van der Waals surface area (Å²) in [5.74, 6) is 1.16. The summed E-state index contributed by atoms with van der Waals surface area (Å²) in [5.41, 5.74) is 6.73. The largest absolute Gasteiger partial charge is 0.497 e. The summed E-state index contributed by atoms with van der Waals surface area (Å²) in [5, 5.41) is 0. The molecule has 1 amide bonds. The number of carbonyl (C=O) groups excluding carboxylic acids is 1. The zero-order valence-electron chi connectivity index (χ0n) is 10.9. The van der Waals surface area contributed by atoms with E-state index >= 15 is 0 Å². The maximum Gasteiger partial charge on any atom is 0.254 e. The van der Waals surface area contributed by atoms with Gasteiger partial charge in [-0.2, -0.15) is 0 Å². The van der Waals surface area contributed by atoms with Gasteiger partial charge in [-0.3, -0.25) is 4.79 Å². The van der Waals surface area contributed by atoms with E-state index in [1.54, 1.807) is 42.5 Å². The molecule has 0 aliphatic carbocycles. The van der Waals surface area contributed by atoms with Gasteiger partial charge in [-0.25, -0.2) is 0 Å². The van der Waals surface area contributed by atoms with E-state index in [1.165, 1.54) is 7.11 Å². The molecule has 1 aromatic heterocycles. The quantitative estimate of drug-likeness (QED) is 0.855. The van der Waals surface area contributed by atoms with Crippen molar-refractivity contribution in [2.75, 3.05) is 19.9 Å². The predicted octanol–water partition coefficient (Wildman–Crippen LogP) is 2.14. The van der Waals surface area contributed by atoms with E-state index in [2.05, 4.69) is 0 Å². The van der Waals surface area contributed by atoms with Gasteiger partial charge in [0.05, 0.1) is 19.9 Å². The average molecular weight is 260 g/mol. The summed E-state index contributed by atoms with van der Waals surface area (Å²) in [6, 6.07) is 8.57. The average Bonchev–Trinajstić information content (AvgIpc) is 2.89. The van der Waals surface area contributed by atoms with Crippen molar-refractivity contribution < 1.29 is 13.9 Å². The van der Waals surface area contributed by atoms with Crippen molar-refractivity contribution >= 4 is 11.6 Å². The van der Waals surface area contributed by atoms with Gasteiger partial charge in [-0.1, -0.05) is 0 Å². The summed E-state index contributed by atoms with van der Waals surface area (Å²) in [6.07, 6.45) is 1.58. The van der Waals surface area contributed by atoms with E-state index in [-0.39, 0.29) is 5.91 Å². The van der Waals surface area contributed by atoms with Crippen molar-refractivity contribution in [3.05, 3.63) is 47.9 Å². The minimum atomic E-state index is -0.137. The Hall–Kier alpha value is -2.43. The molecule has 1 heterocycles. The van der Waals surface area contributed by atoms with E-state index in [4.69, 9.17) is 14.9 Å². The van der Waals surface area contributed by atoms with Crippen LogP contribution >= 0.6 is 0 Å². The third-order valence-electron chi connectivity index (χ3n) is 2.73. The van der Waals surface area contributed by atoms with Crippen LogP contribution in [-0.2, 0) is 6.54 Å². The number of hydrogen-bond acceptors (Lipinski definition) is 4. The first-order valence-electron chi connectivity index (χ1n) is 5.82. The topological polar surface area (TPSA) is 68.7 Å². The van der Waals surface area contributed by atoms with Crippen LogP contribution in [0.4, 0.5) is 5.69 Å². The lowest BCUT2D eigenvalue weighted by Gasteiger charge is -2.16. The molecule has 1 aromatic carbocycles. The van der Waals surface area contributed by atoms with E-state index in [0.29, 0.717) is 23.5 Å². The van der Waals surface area contributed by atoms with Crippen molar-refractivity contribution in [3.8, 4) is 5.75 Å². The molecular formula is C14H16N2O3. The number of nitrogens with two attached hydrogens (primary N) is 1. The number of ether oxygens (including phenoxy) is 1. The minimum absolute atomic E-state index is 0.137. The molecule has 0 spiro atoms. The summed E-state index contributed by atoms with van der Waals surface area (Å²) >= 11 is 0. The Morgan fingerprint density at radius 1 is 1.42 bits per heavy atom. The van der Waals surface area contributed by atoms with Gasteiger partial charge >= 0.3 is 0 Å². The van der Waals surface area contributed by atoms with Crippen LogP contribution in [0.2, 0.25) is 0 Å². The van der Waals surface area contributed by atoms with E-state index in [0.717, 1.165) is 5.76 Å². The normalized spacial score (nSPS) is 10.2. The lowest BCUT2D eigenvalue weighted by Crippen LogP contribution is -2.26. The number of carbonyl (C=O) groups is 1. The van der Waals surface area contributed by atoms with Gasteiger partial charge in [-0.05, 0) is 24.3 Å². The Kier molecular flexibility index (Phi) is 3.75. The number of anilines is 1. The highest BCUT2D eigenvalue weighted by molar-refractivity contribution is 5.95. The molecule has 2 N–H and O–H groups in total. The second kappa shape index (κ2) is 5.48. The van der Waals surface area contributed by atoms with Gasteiger partial charge < -0.3 is 19.8 Å². The van der Waals surface area contributed by atoms with Crippen LogP contribution in [0.1, 0.15) is 16.1 Å². The van der Waals surface area contributed by atoms with Crippen LogP contribution in [0, 0.1) is 0 Å². The van der Waals surface area contributed by atoms with Gasteiger partial charge in [0.2, 0.25) is 0 Å². The Morgan fingerprint density at radius 3 is 2.84 bits per heavy atom. The van der Waals surface area contributed by atoms with E-state index in [9.17, 15) is 4.79 Å². The molecule has 19 heavy (non-hydrogen) atoms. The number of nitrogens with zero attached hydrogens (tertiary/aromatic N) is 1. The lowest BCUT2D eigenvalue weighted by atomic mass is 10.1. The number of nitrogen functional groups attached to an aromatic ring is 1. The fourth-order valence-corrected chi connectivity index (χ4v) is 1.79. The highest BCUT2D eigenvalue weighted by atomic mass is 16.5. The maximum absolute atomic E-state index is 12.3. The molecule has 5 nitrogen and oxygen atoms in total. The highest BCUT2D eigenvalue weighted by Gasteiger charge is 2.14. The first-order chi connectivity index (χ1) is 9.10. The van der Waals surface area contributed by atoms with Crippen molar-refractivity contribution in [1.29, 1.82) is 0 Å². The molecule has 5 heteroatoms. The second-order valence-corrected chi connectivity index (χ2v) is 4.24. The molecule has 0 radical (unpaired) electrons. The zero-order valence-corrected chi connectivity index (χ0v) is 10.9. The number of methoxy groups -OCH3 is 1. The molecule has 0 atom stereocenters. The highest BCUT2D eigenvalue weighted by Crippen LogP contribution is 2.20. The monoisotopic (exact) mass is 260 g/mol. The van der Waals surface area contributed by atoms with Crippen molar-refractivity contribution in [2.45, 2.75) is 6.54 Å². The fraction of sp³-hybridized carbons (Fsp3) is 0.214. The molecule has 100 valence electrons. The number of furan rings is 1. The molecule has 0 aliphatic rings. The first kappa shape index (κ1) is 13.0. The van der Waals surface area contributed by atoms with Crippen molar-refractivity contribution in [2.24, 2.45) is 0 Å². The number of rotatable bonds is 4. The molecule has 2 aromatic rings. The number of amides is 1. The van der Waals surface area contributed by atoms with Gasteiger partial charge in [-0.15, -0.1) is 0 Å². The molecular weight excluding hydrogens is 244 g/mol. The van der Waals surface area contributed by atoms with Crippen LogP contribution in [0.3, 0.4) is 0 Å². The molecule has 0 saturated heterocycles. The molecule has 0 unspecified atom stereocenters.